The molecule has 0 saturated carbocycles. The molecule has 0 saturated heterocycles. The first kappa shape index (κ1) is 38.4. The van der Waals surface area contributed by atoms with Crippen LogP contribution >= 0.6 is 0 Å². The zero-order valence-electron chi connectivity index (χ0n) is 5.24. The average Bonchev–Trinajstić information content (AvgIpc) is 0.722. The molecule has 0 aliphatic carbocycles. The third-order valence-corrected chi connectivity index (χ3v) is 0. The quantitative estimate of drug-likeness (QED) is 0.374. The monoisotopic (exact) mass is 218 g/mol. The molecule has 0 fully saturated rings. The summed E-state index contributed by atoms with van der Waals surface area (Å²) in [7, 11) is -5.61. The maximum Gasteiger partial charge on any atom is 3.00 e. The van der Waals surface area contributed by atoms with Gasteiger partial charge >= 0.3 is 91.8 Å². The summed E-state index contributed by atoms with van der Waals surface area (Å²) in [6.45, 7) is 0. The molecule has 48 valence electrons. The molecule has 0 atom stereocenters. The van der Waals surface area contributed by atoms with Crippen LogP contribution in [0, 0.1) is 0 Å². The largest absolute Gasteiger partial charge is 3.00 e. The van der Waals surface area contributed by atoms with Crippen LogP contribution in [0.15, 0.2) is 0 Å². The van der Waals surface area contributed by atoms with Crippen LogP contribution < -0.4 is 75.3 Å². The van der Waals surface area contributed by atoms with Gasteiger partial charge in [-0.05, 0) is 0 Å². The Bertz CT molecular complexity index is 37.1. The van der Waals surface area contributed by atoms with Gasteiger partial charge in [-0.25, -0.2) is 0 Å². The normalized spacial score (nSPS) is 6.00. The van der Waals surface area contributed by atoms with E-state index in [4.69, 9.17) is 19.2 Å². The van der Waals surface area contributed by atoms with Crippen molar-refractivity contribution in [1.82, 2.24) is 0 Å². The van der Waals surface area contributed by atoms with Crippen molar-refractivity contribution in [2.24, 2.45) is 0 Å². The molecule has 0 heterocycles. The third kappa shape index (κ3) is 128. The first-order valence-electron chi connectivity index (χ1n) is 0.816. The number of hydrogen-bond acceptors (Lipinski definition) is 5. The van der Waals surface area contributed by atoms with Gasteiger partial charge in [0.25, 0.3) is 0 Å². The molecule has 0 amide bonds. The fraction of sp³-hybridized carbons (Fsp3) is 0. The van der Waals surface area contributed by atoms with Gasteiger partial charge in [-0.1, -0.05) is 0 Å². The van der Waals surface area contributed by atoms with Crippen LogP contribution in [0.5, 0.6) is 0 Å². The van der Waals surface area contributed by atoms with Crippen molar-refractivity contribution in [2.75, 3.05) is 0 Å². The molecule has 0 aromatic heterocycles. The third-order valence-electron chi connectivity index (χ3n) is 0. The van der Waals surface area contributed by atoms with Gasteiger partial charge in [0.05, 0.1) is 0 Å². The van der Waals surface area contributed by atoms with E-state index in [0.29, 0.717) is 0 Å². The van der Waals surface area contributed by atoms with E-state index in [1.807, 2.05) is 0 Å². The van der Waals surface area contributed by atoms with Gasteiger partial charge in [0.1, 0.15) is 0 Å². The second-order valence-corrected chi connectivity index (χ2v) is 1.50. The second kappa shape index (κ2) is 17.8. The Balaban J connectivity index is -0.00000000800. The van der Waals surface area contributed by atoms with Crippen LogP contribution in [0.1, 0.15) is 0 Å². The molecule has 0 radical (unpaired) electrons. The fourth-order valence-electron chi connectivity index (χ4n) is 0. The summed E-state index contributed by atoms with van der Waals surface area (Å²) in [5, 5.41) is 0. The van der Waals surface area contributed by atoms with E-state index in [1.54, 1.807) is 0 Å². The minimum Gasteiger partial charge on any atom is -1.00 e. The van der Waals surface area contributed by atoms with Gasteiger partial charge in [0, 0.05) is 0 Å². The summed E-state index contributed by atoms with van der Waals surface area (Å²) in [5.74, 6) is 0. The Morgan fingerprint density at radius 3 is 0.900 bits per heavy atom. The first-order valence-corrected chi connectivity index (χ1v) is 2.45. The minimum atomic E-state index is -5.61. The van der Waals surface area contributed by atoms with E-state index in [2.05, 4.69) is 0 Å². The minimum absolute atomic E-state index is 0. The topological polar surface area (TPSA) is 122 Å². The van der Waals surface area contributed by atoms with Gasteiger partial charge in [0.15, 0.2) is 0 Å². The summed E-state index contributed by atoms with van der Waals surface area (Å²) in [5.41, 5.74) is 0. The Labute approximate surface area is 128 Å². The standard InChI is InChI=1S/Al.FH.K.Mg.O4Si.H2O/c;;;;1-5(2,3)4;/h;1H;;;;1H2/q+3;;+1;+2;-4;/p-2. The van der Waals surface area contributed by atoms with Crippen molar-refractivity contribution in [1.29, 1.82) is 0 Å². The van der Waals surface area contributed by atoms with Gasteiger partial charge < -0.3 is 38.4 Å². The molecule has 0 rings (SSSR count). The summed E-state index contributed by atoms with van der Waals surface area (Å²) >= 11 is 0. The summed E-state index contributed by atoms with van der Waals surface area (Å²) < 4.78 is 0. The maximum absolute atomic E-state index is 8.58. The summed E-state index contributed by atoms with van der Waals surface area (Å²) in [4.78, 5) is 34.3. The van der Waals surface area contributed by atoms with Gasteiger partial charge in [-0.3, -0.25) is 0 Å². The smallest absolute Gasteiger partial charge is 1.00 e. The Kier molecular flexibility index (Phi) is 68.5. The Hall–Kier alpha value is 2.88. The van der Waals surface area contributed by atoms with Crippen LogP contribution in [0.2, 0.25) is 0 Å². The van der Waals surface area contributed by atoms with Crippen LogP contribution in [0.3, 0.4) is 0 Å². The molecule has 0 aliphatic heterocycles. The molecule has 10 heavy (non-hydrogen) atoms. The van der Waals surface area contributed by atoms with Crippen LogP contribution in [-0.2, 0) is 0 Å². The van der Waals surface area contributed by atoms with E-state index in [-0.39, 0.29) is 102 Å². The zero-order valence-corrected chi connectivity index (χ0v) is 11.9. The average molecular weight is 218 g/mol. The summed E-state index contributed by atoms with van der Waals surface area (Å²) in [6.07, 6.45) is 0. The van der Waals surface area contributed by atoms with Gasteiger partial charge in [-0.2, -0.15) is 0 Å². The van der Waals surface area contributed by atoms with Gasteiger partial charge in [-0.15, -0.1) is 0 Å². The Morgan fingerprint density at radius 1 is 0.900 bits per heavy atom. The maximum atomic E-state index is 8.58. The van der Waals surface area contributed by atoms with E-state index < -0.39 is 9.05 Å². The first-order chi connectivity index (χ1) is 2.00. The van der Waals surface area contributed by atoms with Crippen molar-refractivity contribution in [3.63, 3.8) is 0 Å². The van der Waals surface area contributed by atoms with Crippen molar-refractivity contribution in [3.8, 4) is 0 Å². The number of hydrogen-bond donors (Lipinski definition) is 0. The van der Waals surface area contributed by atoms with E-state index in [9.17, 15) is 0 Å². The summed E-state index contributed by atoms with van der Waals surface area (Å²) in [6, 6.07) is 0. The molecule has 5 nitrogen and oxygen atoms in total. The van der Waals surface area contributed by atoms with Crippen LogP contribution in [0.4, 0.5) is 0 Å². The molecule has 0 unspecified atom stereocenters. The molecule has 0 spiro atoms. The predicted octanol–water partition coefficient (Wildman–Crippen LogP) is -12.1. The molecule has 0 bridgehead atoms. The van der Waals surface area contributed by atoms with Crippen molar-refractivity contribution in [2.45, 2.75) is 0 Å². The predicted molar refractivity (Wildman–Crippen MR) is 19.2 cm³/mol. The molecule has 1 N–H and O–H groups in total. The van der Waals surface area contributed by atoms with Crippen molar-refractivity contribution >= 4 is 49.5 Å². The van der Waals surface area contributed by atoms with Gasteiger partial charge in [0.2, 0.25) is 0 Å². The van der Waals surface area contributed by atoms with E-state index >= 15 is 0 Å². The van der Waals surface area contributed by atoms with E-state index in [1.165, 1.54) is 0 Å². The SMILES string of the molecule is [Al+3].[F-].[K+].[Mg+2].[O-][Si]([O-])([O-])[O-].[OH-]. The molecular formula is HAlFKMgO5Si. The molecule has 0 aromatic rings. The zero-order chi connectivity index (χ0) is 4.50. The Morgan fingerprint density at radius 2 is 0.900 bits per heavy atom. The van der Waals surface area contributed by atoms with Crippen LogP contribution in [0.25, 0.3) is 0 Å². The number of rotatable bonds is 0. The molecule has 10 heteroatoms. The van der Waals surface area contributed by atoms with Crippen molar-refractivity contribution in [3.05, 3.63) is 0 Å². The molecule has 0 aromatic carbocycles. The number of halogens is 1. The van der Waals surface area contributed by atoms with E-state index in [0.717, 1.165) is 0 Å². The molecular weight excluding hydrogens is 217 g/mol. The second-order valence-electron chi connectivity index (χ2n) is 0.500. The van der Waals surface area contributed by atoms with Crippen molar-refractivity contribution < 1.29 is 80.7 Å². The van der Waals surface area contributed by atoms with Crippen LogP contribution in [-0.4, -0.2) is 54.9 Å². The fourth-order valence-corrected chi connectivity index (χ4v) is 0. The molecule has 0 aliphatic rings.